The molecule has 1 heterocycles. The molecule has 2 fully saturated rings. The maximum Gasteiger partial charge on any atom is 0.220 e. The molecule has 108 valence electrons. The van der Waals surface area contributed by atoms with Crippen LogP contribution in [0, 0.1) is 5.82 Å². The Morgan fingerprint density at radius 1 is 1.25 bits per heavy atom. The molecule has 0 spiro atoms. The van der Waals surface area contributed by atoms with E-state index in [1.165, 1.54) is 30.5 Å². The number of halogens is 1. The maximum atomic E-state index is 13.1. The molecule has 2 N–H and O–H groups in total. The standard InChI is InChI=1S/C16H21FN2O/c17-13-5-3-12(4-6-13)16(9-1-2-10-16)18-11-14-7-8-15(20)19-14/h3-6,14,18H,1-2,7-11H2,(H,19,20). The molecule has 1 aliphatic heterocycles. The topological polar surface area (TPSA) is 41.1 Å². The average molecular weight is 276 g/mol. The van der Waals surface area contributed by atoms with E-state index in [1.807, 2.05) is 12.1 Å². The molecule has 1 saturated heterocycles. The molecule has 1 saturated carbocycles. The molecule has 1 atom stereocenters. The van der Waals surface area contributed by atoms with E-state index in [4.69, 9.17) is 0 Å². The zero-order chi connectivity index (χ0) is 14.0. The van der Waals surface area contributed by atoms with Crippen molar-refractivity contribution < 1.29 is 9.18 Å². The molecule has 2 aliphatic rings. The molecule has 1 unspecified atom stereocenters. The van der Waals surface area contributed by atoms with Crippen molar-refractivity contribution in [1.29, 1.82) is 0 Å². The number of hydrogen-bond acceptors (Lipinski definition) is 2. The van der Waals surface area contributed by atoms with Gasteiger partial charge in [-0.1, -0.05) is 25.0 Å². The van der Waals surface area contributed by atoms with Gasteiger partial charge in [-0.2, -0.15) is 0 Å². The number of hydrogen-bond donors (Lipinski definition) is 2. The normalized spacial score (nSPS) is 24.9. The van der Waals surface area contributed by atoms with E-state index in [2.05, 4.69) is 10.6 Å². The Hall–Kier alpha value is -1.42. The van der Waals surface area contributed by atoms with E-state index in [-0.39, 0.29) is 23.3 Å². The SMILES string of the molecule is O=C1CCC(CNC2(c3ccc(F)cc3)CCCC2)N1. The van der Waals surface area contributed by atoms with E-state index in [0.29, 0.717) is 6.42 Å². The fourth-order valence-corrected chi connectivity index (χ4v) is 3.46. The summed E-state index contributed by atoms with van der Waals surface area (Å²) in [6.45, 7) is 0.795. The van der Waals surface area contributed by atoms with Gasteiger partial charge in [0.1, 0.15) is 5.82 Å². The molecule has 0 radical (unpaired) electrons. The molecule has 1 amide bonds. The monoisotopic (exact) mass is 276 g/mol. The lowest BCUT2D eigenvalue weighted by Crippen LogP contribution is -2.46. The van der Waals surface area contributed by atoms with E-state index < -0.39 is 0 Å². The van der Waals surface area contributed by atoms with E-state index in [9.17, 15) is 9.18 Å². The number of carbonyl (C=O) groups excluding carboxylic acids is 1. The van der Waals surface area contributed by atoms with Gasteiger partial charge >= 0.3 is 0 Å². The van der Waals surface area contributed by atoms with Crippen LogP contribution in [0.3, 0.4) is 0 Å². The second kappa shape index (κ2) is 5.52. The van der Waals surface area contributed by atoms with Gasteiger partial charge in [-0.25, -0.2) is 4.39 Å². The summed E-state index contributed by atoms with van der Waals surface area (Å²) in [5, 5.41) is 6.65. The third-order valence-electron chi connectivity index (χ3n) is 4.63. The largest absolute Gasteiger partial charge is 0.352 e. The fourth-order valence-electron chi connectivity index (χ4n) is 3.46. The number of benzene rings is 1. The van der Waals surface area contributed by atoms with Gasteiger partial charge in [0.2, 0.25) is 5.91 Å². The van der Waals surface area contributed by atoms with Crippen molar-refractivity contribution >= 4 is 5.91 Å². The van der Waals surface area contributed by atoms with Crippen molar-refractivity contribution in [3.05, 3.63) is 35.6 Å². The smallest absolute Gasteiger partial charge is 0.220 e. The number of carbonyl (C=O) groups is 1. The van der Waals surface area contributed by atoms with Crippen LogP contribution in [-0.2, 0) is 10.3 Å². The van der Waals surface area contributed by atoms with Crippen LogP contribution >= 0.6 is 0 Å². The van der Waals surface area contributed by atoms with Crippen molar-refractivity contribution in [3.8, 4) is 0 Å². The molecule has 1 aromatic rings. The zero-order valence-electron chi connectivity index (χ0n) is 11.6. The highest BCUT2D eigenvalue weighted by Gasteiger charge is 2.36. The van der Waals surface area contributed by atoms with Gasteiger partial charge in [0.15, 0.2) is 0 Å². The first-order chi connectivity index (χ1) is 9.68. The van der Waals surface area contributed by atoms with Gasteiger partial charge in [-0.05, 0) is 37.0 Å². The van der Waals surface area contributed by atoms with Crippen LogP contribution in [0.15, 0.2) is 24.3 Å². The number of amides is 1. The molecule has 0 aromatic heterocycles. The summed E-state index contributed by atoms with van der Waals surface area (Å²) in [5.74, 6) is -0.0380. The third kappa shape index (κ3) is 2.70. The minimum Gasteiger partial charge on any atom is -0.352 e. The lowest BCUT2D eigenvalue weighted by molar-refractivity contribution is -0.119. The molecule has 1 aliphatic carbocycles. The second-order valence-corrected chi connectivity index (χ2v) is 5.98. The van der Waals surface area contributed by atoms with Crippen molar-refractivity contribution in [2.75, 3.05) is 6.54 Å². The van der Waals surface area contributed by atoms with Gasteiger partial charge in [-0.3, -0.25) is 4.79 Å². The van der Waals surface area contributed by atoms with Gasteiger partial charge in [0, 0.05) is 24.5 Å². The Morgan fingerprint density at radius 2 is 1.95 bits per heavy atom. The highest BCUT2D eigenvalue weighted by Crippen LogP contribution is 2.38. The van der Waals surface area contributed by atoms with Crippen LogP contribution in [0.1, 0.15) is 44.1 Å². The van der Waals surface area contributed by atoms with Gasteiger partial charge in [0.05, 0.1) is 0 Å². The quantitative estimate of drug-likeness (QED) is 0.887. The summed E-state index contributed by atoms with van der Waals surface area (Å²) in [5.41, 5.74) is 1.13. The van der Waals surface area contributed by atoms with Gasteiger partial charge in [0.25, 0.3) is 0 Å². The Labute approximate surface area is 118 Å². The lowest BCUT2D eigenvalue weighted by Gasteiger charge is -2.32. The fraction of sp³-hybridized carbons (Fsp3) is 0.562. The van der Waals surface area contributed by atoms with E-state index in [1.54, 1.807) is 0 Å². The minimum absolute atomic E-state index is 0.0407. The Kier molecular flexibility index (Phi) is 3.74. The first kappa shape index (κ1) is 13.6. The number of rotatable bonds is 4. The molecule has 4 heteroatoms. The van der Waals surface area contributed by atoms with Crippen molar-refractivity contribution in [2.45, 2.75) is 50.1 Å². The Morgan fingerprint density at radius 3 is 2.55 bits per heavy atom. The zero-order valence-corrected chi connectivity index (χ0v) is 11.6. The summed E-state index contributed by atoms with van der Waals surface area (Å²) in [6, 6.07) is 7.09. The summed E-state index contributed by atoms with van der Waals surface area (Å²) < 4.78 is 13.1. The summed E-state index contributed by atoms with van der Waals surface area (Å²) in [6.07, 6.45) is 6.10. The predicted octanol–water partition coefficient (Wildman–Crippen LogP) is 2.46. The maximum absolute atomic E-state index is 13.1. The Balaban J connectivity index is 1.71. The van der Waals surface area contributed by atoms with Crippen molar-refractivity contribution in [1.82, 2.24) is 10.6 Å². The van der Waals surface area contributed by atoms with Crippen LogP contribution in [-0.4, -0.2) is 18.5 Å². The highest BCUT2D eigenvalue weighted by molar-refractivity contribution is 5.78. The Bertz CT molecular complexity index is 480. The van der Waals surface area contributed by atoms with Crippen molar-refractivity contribution in [2.24, 2.45) is 0 Å². The van der Waals surface area contributed by atoms with Crippen LogP contribution in [0.4, 0.5) is 4.39 Å². The van der Waals surface area contributed by atoms with Crippen LogP contribution in [0.2, 0.25) is 0 Å². The van der Waals surface area contributed by atoms with Gasteiger partial charge in [-0.15, -0.1) is 0 Å². The van der Waals surface area contributed by atoms with E-state index in [0.717, 1.165) is 25.8 Å². The van der Waals surface area contributed by atoms with Crippen LogP contribution < -0.4 is 10.6 Å². The first-order valence-corrected chi connectivity index (χ1v) is 7.48. The van der Waals surface area contributed by atoms with E-state index >= 15 is 0 Å². The van der Waals surface area contributed by atoms with Gasteiger partial charge < -0.3 is 10.6 Å². The highest BCUT2D eigenvalue weighted by atomic mass is 19.1. The lowest BCUT2D eigenvalue weighted by atomic mass is 9.88. The summed E-state index contributed by atoms with van der Waals surface area (Å²) >= 11 is 0. The third-order valence-corrected chi connectivity index (χ3v) is 4.63. The molecule has 1 aromatic carbocycles. The molecule has 3 rings (SSSR count). The number of nitrogens with one attached hydrogen (secondary N) is 2. The van der Waals surface area contributed by atoms with Crippen LogP contribution in [0.25, 0.3) is 0 Å². The summed E-state index contributed by atoms with van der Waals surface area (Å²) in [4.78, 5) is 11.3. The molecular weight excluding hydrogens is 255 g/mol. The molecule has 0 bridgehead atoms. The molecule has 20 heavy (non-hydrogen) atoms. The molecule has 3 nitrogen and oxygen atoms in total. The van der Waals surface area contributed by atoms with Crippen molar-refractivity contribution in [3.63, 3.8) is 0 Å². The summed E-state index contributed by atoms with van der Waals surface area (Å²) in [7, 11) is 0. The molecular formula is C16H21FN2O. The second-order valence-electron chi connectivity index (χ2n) is 5.98. The first-order valence-electron chi connectivity index (χ1n) is 7.48. The minimum atomic E-state index is -0.190. The van der Waals surface area contributed by atoms with Crippen LogP contribution in [0.5, 0.6) is 0 Å². The predicted molar refractivity (Wildman–Crippen MR) is 75.7 cm³/mol. The average Bonchev–Trinajstić information content (AvgIpc) is 3.07.